The molecule has 6 heteroatoms. The second-order valence-electron chi connectivity index (χ2n) is 7.77. The molecule has 1 saturated heterocycles. The van der Waals surface area contributed by atoms with Crippen LogP contribution in [0.15, 0.2) is 4.99 Å². The summed E-state index contributed by atoms with van der Waals surface area (Å²) in [5, 5.41) is 6.41. The van der Waals surface area contributed by atoms with Crippen molar-refractivity contribution in [2.24, 2.45) is 16.3 Å². The van der Waals surface area contributed by atoms with Gasteiger partial charge in [0.1, 0.15) is 0 Å². The van der Waals surface area contributed by atoms with Crippen molar-refractivity contribution >= 4 is 12.1 Å². The standard InChI is InChI=1S/C17H32N4O2/c1-7-23-15(22)20-13(12-8-9-12)10-19-14(18-6)21-11-16(2,3)17(21,4)5/h12-13H,7-11H2,1-6H3,(H,18,19)(H,20,22). The van der Waals surface area contributed by atoms with Crippen molar-refractivity contribution in [1.82, 2.24) is 15.5 Å². The molecule has 1 amide bonds. The highest BCUT2D eigenvalue weighted by Gasteiger charge is 2.53. The van der Waals surface area contributed by atoms with E-state index in [0.29, 0.717) is 19.1 Å². The summed E-state index contributed by atoms with van der Waals surface area (Å²) in [6, 6.07) is 0.100. The number of carbonyl (C=O) groups is 1. The molecule has 0 spiro atoms. The monoisotopic (exact) mass is 324 g/mol. The van der Waals surface area contributed by atoms with Crippen LogP contribution in [0.5, 0.6) is 0 Å². The van der Waals surface area contributed by atoms with Gasteiger partial charge in [0.25, 0.3) is 0 Å². The zero-order chi connectivity index (χ0) is 17.3. The zero-order valence-electron chi connectivity index (χ0n) is 15.4. The quantitative estimate of drug-likeness (QED) is 0.601. The van der Waals surface area contributed by atoms with Crippen LogP contribution in [0.1, 0.15) is 47.5 Å². The van der Waals surface area contributed by atoms with Gasteiger partial charge in [0.2, 0.25) is 0 Å². The minimum atomic E-state index is -0.327. The first-order valence-electron chi connectivity index (χ1n) is 8.64. The molecule has 132 valence electrons. The van der Waals surface area contributed by atoms with Crippen LogP contribution in [0.3, 0.4) is 0 Å². The number of aliphatic imine (C=N–C) groups is 1. The Balaban J connectivity index is 1.90. The zero-order valence-corrected chi connectivity index (χ0v) is 15.4. The molecule has 0 radical (unpaired) electrons. The Morgan fingerprint density at radius 2 is 2.00 bits per heavy atom. The van der Waals surface area contributed by atoms with Crippen LogP contribution in [-0.4, -0.2) is 55.3 Å². The molecule has 0 aromatic heterocycles. The van der Waals surface area contributed by atoms with Crippen molar-refractivity contribution in [2.75, 3.05) is 26.7 Å². The number of ether oxygens (including phenoxy) is 1. The van der Waals surface area contributed by atoms with Crippen molar-refractivity contribution < 1.29 is 9.53 Å². The van der Waals surface area contributed by atoms with Gasteiger partial charge in [-0.25, -0.2) is 4.79 Å². The van der Waals surface area contributed by atoms with Crippen molar-refractivity contribution in [3.8, 4) is 0 Å². The fourth-order valence-electron chi connectivity index (χ4n) is 3.05. The van der Waals surface area contributed by atoms with Crippen molar-refractivity contribution in [3.63, 3.8) is 0 Å². The summed E-state index contributed by atoms with van der Waals surface area (Å²) < 4.78 is 5.01. The van der Waals surface area contributed by atoms with Gasteiger partial charge in [-0.05, 0) is 39.5 Å². The number of hydrogen-bond acceptors (Lipinski definition) is 3. The smallest absolute Gasteiger partial charge is 0.407 e. The van der Waals surface area contributed by atoms with Gasteiger partial charge in [-0.3, -0.25) is 4.99 Å². The molecule has 2 aliphatic rings. The molecule has 1 aliphatic heterocycles. The van der Waals surface area contributed by atoms with Crippen LogP contribution in [0.2, 0.25) is 0 Å². The maximum absolute atomic E-state index is 11.7. The lowest BCUT2D eigenvalue weighted by Gasteiger charge is -2.62. The SMILES string of the molecule is CCOC(=O)NC(CNC(=NC)N1CC(C)(C)C1(C)C)C1CC1. The van der Waals surface area contributed by atoms with E-state index in [2.05, 4.69) is 48.2 Å². The lowest BCUT2D eigenvalue weighted by molar-refractivity contribution is -0.0667. The van der Waals surface area contributed by atoms with E-state index in [9.17, 15) is 4.79 Å². The van der Waals surface area contributed by atoms with E-state index < -0.39 is 0 Å². The summed E-state index contributed by atoms with van der Waals surface area (Å²) in [5.74, 6) is 1.46. The predicted molar refractivity (Wildman–Crippen MR) is 92.6 cm³/mol. The molecule has 2 rings (SSSR count). The van der Waals surface area contributed by atoms with Gasteiger partial charge < -0.3 is 20.3 Å². The summed E-state index contributed by atoms with van der Waals surface area (Å²) in [6.07, 6.45) is 2.01. The third-order valence-corrected chi connectivity index (χ3v) is 5.60. The molecule has 0 bridgehead atoms. The first-order chi connectivity index (χ1) is 10.7. The number of nitrogens with one attached hydrogen (secondary N) is 2. The number of guanidine groups is 1. The lowest BCUT2D eigenvalue weighted by Crippen LogP contribution is -2.72. The van der Waals surface area contributed by atoms with E-state index in [1.807, 2.05) is 14.0 Å². The van der Waals surface area contributed by atoms with Crippen LogP contribution < -0.4 is 10.6 Å². The Morgan fingerprint density at radius 1 is 1.35 bits per heavy atom. The number of hydrogen-bond donors (Lipinski definition) is 2. The van der Waals surface area contributed by atoms with E-state index in [-0.39, 0.29) is 23.1 Å². The Labute approximate surface area is 140 Å². The summed E-state index contributed by atoms with van der Waals surface area (Å²) in [6.45, 7) is 13.0. The third-order valence-electron chi connectivity index (χ3n) is 5.60. The van der Waals surface area contributed by atoms with Crippen LogP contribution in [0.4, 0.5) is 4.79 Å². The first-order valence-corrected chi connectivity index (χ1v) is 8.64. The van der Waals surface area contributed by atoms with E-state index in [1.165, 1.54) is 12.8 Å². The van der Waals surface area contributed by atoms with Crippen LogP contribution in [0, 0.1) is 11.3 Å². The summed E-state index contributed by atoms with van der Waals surface area (Å²) in [5.41, 5.74) is 0.336. The molecular formula is C17H32N4O2. The van der Waals surface area contributed by atoms with Gasteiger partial charge >= 0.3 is 6.09 Å². The Kier molecular flexibility index (Phi) is 5.11. The number of likely N-dealkylation sites (tertiary alicyclic amines) is 1. The molecule has 2 fully saturated rings. The fourth-order valence-corrected chi connectivity index (χ4v) is 3.05. The van der Waals surface area contributed by atoms with Gasteiger partial charge in [-0.2, -0.15) is 0 Å². The van der Waals surface area contributed by atoms with E-state index in [1.54, 1.807) is 0 Å². The number of alkyl carbamates (subject to hydrolysis) is 1. The third kappa shape index (κ3) is 3.72. The Bertz CT molecular complexity index is 469. The first kappa shape index (κ1) is 17.9. The molecule has 1 atom stereocenters. The van der Waals surface area contributed by atoms with E-state index in [4.69, 9.17) is 4.74 Å². The van der Waals surface area contributed by atoms with Gasteiger partial charge in [-0.1, -0.05) is 13.8 Å². The van der Waals surface area contributed by atoms with Crippen LogP contribution >= 0.6 is 0 Å². The molecule has 2 N–H and O–H groups in total. The molecule has 1 saturated carbocycles. The molecule has 23 heavy (non-hydrogen) atoms. The molecule has 1 aliphatic carbocycles. The predicted octanol–water partition coefficient (Wildman–Crippen LogP) is 2.21. The highest BCUT2D eigenvalue weighted by molar-refractivity contribution is 5.82. The number of amides is 1. The lowest BCUT2D eigenvalue weighted by atomic mass is 9.65. The highest BCUT2D eigenvalue weighted by Crippen LogP contribution is 2.46. The van der Waals surface area contributed by atoms with Gasteiger partial charge in [-0.15, -0.1) is 0 Å². The average molecular weight is 324 g/mol. The van der Waals surface area contributed by atoms with Crippen molar-refractivity contribution in [1.29, 1.82) is 0 Å². The summed E-state index contributed by atoms with van der Waals surface area (Å²) in [7, 11) is 1.81. The largest absolute Gasteiger partial charge is 0.450 e. The Morgan fingerprint density at radius 3 is 2.43 bits per heavy atom. The highest BCUT2D eigenvalue weighted by atomic mass is 16.5. The maximum Gasteiger partial charge on any atom is 0.407 e. The Hall–Kier alpha value is -1.46. The van der Waals surface area contributed by atoms with E-state index in [0.717, 1.165) is 12.5 Å². The van der Waals surface area contributed by atoms with Gasteiger partial charge in [0.15, 0.2) is 5.96 Å². The topological polar surface area (TPSA) is 66.0 Å². The number of rotatable bonds is 5. The van der Waals surface area contributed by atoms with Crippen LogP contribution in [0.25, 0.3) is 0 Å². The van der Waals surface area contributed by atoms with Crippen LogP contribution in [-0.2, 0) is 4.74 Å². The summed E-state index contributed by atoms with van der Waals surface area (Å²) in [4.78, 5) is 18.4. The molecular weight excluding hydrogens is 292 g/mol. The molecule has 1 heterocycles. The second-order valence-corrected chi connectivity index (χ2v) is 7.77. The van der Waals surface area contributed by atoms with Crippen molar-refractivity contribution in [3.05, 3.63) is 0 Å². The summed E-state index contributed by atoms with van der Waals surface area (Å²) >= 11 is 0. The maximum atomic E-state index is 11.7. The minimum Gasteiger partial charge on any atom is -0.450 e. The van der Waals surface area contributed by atoms with Crippen molar-refractivity contribution in [2.45, 2.75) is 59.0 Å². The number of carbonyl (C=O) groups excluding carboxylic acids is 1. The second kappa shape index (κ2) is 6.57. The molecule has 0 aromatic carbocycles. The molecule has 1 unspecified atom stereocenters. The average Bonchev–Trinajstić information content (AvgIpc) is 3.30. The normalized spacial score (nSPS) is 23.7. The minimum absolute atomic E-state index is 0.0679. The molecule has 6 nitrogen and oxygen atoms in total. The number of nitrogens with zero attached hydrogens (tertiary/aromatic N) is 2. The molecule has 0 aromatic rings. The van der Waals surface area contributed by atoms with E-state index >= 15 is 0 Å². The van der Waals surface area contributed by atoms with Gasteiger partial charge in [0, 0.05) is 31.1 Å². The fraction of sp³-hybridized carbons (Fsp3) is 0.882. The van der Waals surface area contributed by atoms with Gasteiger partial charge in [0.05, 0.1) is 12.6 Å².